The standard InChI is InChI=1S/C27H31N7O/c1-19-5-7-25-23(14-19)20(15-30-25)4-2-3-9-33-10-12-34(13-11-33)27-31-17-22(18-32-27)24-8-6-21(16-29-24)26(28)35/h5-8,14-18,30H,2-4,9-13H2,1H3,(H2,28,35). The number of primary amides is 1. The Morgan fingerprint density at radius 3 is 2.51 bits per heavy atom. The maximum atomic E-state index is 11.2. The van der Waals surface area contributed by atoms with Gasteiger partial charge in [-0.1, -0.05) is 11.6 Å². The average molecular weight is 470 g/mol. The Balaban J connectivity index is 1.07. The van der Waals surface area contributed by atoms with Gasteiger partial charge in [-0.15, -0.1) is 0 Å². The second kappa shape index (κ2) is 10.2. The van der Waals surface area contributed by atoms with Crippen molar-refractivity contribution in [3.05, 3.63) is 71.8 Å². The van der Waals surface area contributed by atoms with E-state index in [2.05, 4.69) is 61.1 Å². The number of amides is 1. The van der Waals surface area contributed by atoms with Crippen molar-refractivity contribution in [3.8, 4) is 11.3 Å². The number of anilines is 1. The fourth-order valence-corrected chi connectivity index (χ4v) is 4.65. The molecule has 4 aromatic rings. The highest BCUT2D eigenvalue weighted by molar-refractivity contribution is 5.92. The molecule has 0 bridgehead atoms. The van der Waals surface area contributed by atoms with E-state index in [0.717, 1.165) is 50.7 Å². The van der Waals surface area contributed by atoms with Crippen LogP contribution in [0.1, 0.15) is 34.3 Å². The van der Waals surface area contributed by atoms with E-state index in [1.165, 1.54) is 41.1 Å². The van der Waals surface area contributed by atoms with Crippen molar-refractivity contribution in [3.63, 3.8) is 0 Å². The minimum atomic E-state index is -0.487. The number of nitrogens with two attached hydrogens (primary N) is 1. The molecule has 35 heavy (non-hydrogen) atoms. The first-order valence-electron chi connectivity index (χ1n) is 12.2. The number of H-pyrrole nitrogens is 1. The number of hydrogen-bond acceptors (Lipinski definition) is 6. The molecule has 1 amide bonds. The molecule has 1 aromatic carbocycles. The highest BCUT2D eigenvalue weighted by atomic mass is 16.1. The summed E-state index contributed by atoms with van der Waals surface area (Å²) < 4.78 is 0. The number of nitrogens with one attached hydrogen (secondary N) is 1. The second-order valence-corrected chi connectivity index (χ2v) is 9.22. The van der Waals surface area contributed by atoms with Gasteiger partial charge in [0.2, 0.25) is 11.9 Å². The van der Waals surface area contributed by atoms with E-state index in [9.17, 15) is 4.79 Å². The first kappa shape index (κ1) is 23.0. The SMILES string of the molecule is Cc1ccc2[nH]cc(CCCCN3CCN(c4ncc(-c5ccc(C(N)=O)cn5)cn4)CC3)c2c1. The zero-order valence-corrected chi connectivity index (χ0v) is 20.1. The van der Waals surface area contributed by atoms with Crippen molar-refractivity contribution in [2.75, 3.05) is 37.6 Å². The number of rotatable bonds is 8. The summed E-state index contributed by atoms with van der Waals surface area (Å²) in [6.45, 7) is 7.17. The van der Waals surface area contributed by atoms with Crippen LogP contribution in [0.2, 0.25) is 0 Å². The molecule has 3 aromatic heterocycles. The topological polar surface area (TPSA) is 104 Å². The summed E-state index contributed by atoms with van der Waals surface area (Å²) in [5.41, 5.74) is 11.2. The number of aromatic amines is 1. The Kier molecular flexibility index (Phi) is 6.72. The predicted molar refractivity (Wildman–Crippen MR) is 138 cm³/mol. The van der Waals surface area contributed by atoms with Crippen molar-refractivity contribution in [1.29, 1.82) is 0 Å². The largest absolute Gasteiger partial charge is 0.366 e. The first-order valence-corrected chi connectivity index (χ1v) is 12.2. The van der Waals surface area contributed by atoms with Gasteiger partial charge in [0, 0.05) is 67.4 Å². The number of hydrogen-bond donors (Lipinski definition) is 2. The van der Waals surface area contributed by atoms with Gasteiger partial charge in [0.05, 0.1) is 11.3 Å². The summed E-state index contributed by atoms with van der Waals surface area (Å²) in [5.74, 6) is 0.260. The smallest absolute Gasteiger partial charge is 0.250 e. The molecular formula is C27H31N7O. The summed E-state index contributed by atoms with van der Waals surface area (Å²) in [7, 11) is 0. The summed E-state index contributed by atoms with van der Waals surface area (Å²) in [6, 6.07) is 10.0. The van der Waals surface area contributed by atoms with Gasteiger partial charge in [0.1, 0.15) is 0 Å². The van der Waals surface area contributed by atoms with Gasteiger partial charge >= 0.3 is 0 Å². The van der Waals surface area contributed by atoms with E-state index >= 15 is 0 Å². The van der Waals surface area contributed by atoms with Crippen LogP contribution in [0.15, 0.2) is 55.1 Å². The van der Waals surface area contributed by atoms with E-state index in [0.29, 0.717) is 11.3 Å². The van der Waals surface area contributed by atoms with Crippen LogP contribution in [0.3, 0.4) is 0 Å². The lowest BCUT2D eigenvalue weighted by atomic mass is 10.1. The van der Waals surface area contributed by atoms with E-state index in [-0.39, 0.29) is 0 Å². The predicted octanol–water partition coefficient (Wildman–Crippen LogP) is 3.57. The van der Waals surface area contributed by atoms with Gasteiger partial charge < -0.3 is 15.6 Å². The lowest BCUT2D eigenvalue weighted by Gasteiger charge is -2.34. The fraction of sp³-hybridized carbons (Fsp3) is 0.333. The summed E-state index contributed by atoms with van der Waals surface area (Å²) in [6.07, 6.45) is 10.7. The van der Waals surface area contributed by atoms with E-state index < -0.39 is 5.91 Å². The van der Waals surface area contributed by atoms with Crippen molar-refractivity contribution >= 4 is 22.8 Å². The Bertz CT molecular complexity index is 1290. The van der Waals surface area contributed by atoms with Crippen LogP contribution in [-0.2, 0) is 6.42 Å². The van der Waals surface area contributed by atoms with Crippen LogP contribution in [0.5, 0.6) is 0 Å². The van der Waals surface area contributed by atoms with E-state index in [1.54, 1.807) is 24.5 Å². The number of fused-ring (bicyclic) bond motifs is 1. The van der Waals surface area contributed by atoms with Gasteiger partial charge in [-0.25, -0.2) is 9.97 Å². The number of unbranched alkanes of at least 4 members (excludes halogenated alkanes) is 1. The number of benzene rings is 1. The van der Waals surface area contributed by atoms with Gasteiger partial charge in [-0.3, -0.25) is 14.7 Å². The van der Waals surface area contributed by atoms with Crippen molar-refractivity contribution in [1.82, 2.24) is 24.8 Å². The Hall–Kier alpha value is -3.78. The molecule has 3 N–H and O–H groups in total. The second-order valence-electron chi connectivity index (χ2n) is 9.22. The molecule has 0 atom stereocenters. The highest BCUT2D eigenvalue weighted by Gasteiger charge is 2.19. The van der Waals surface area contributed by atoms with Gasteiger partial charge in [0.15, 0.2) is 0 Å². The molecule has 1 fully saturated rings. The number of carbonyl (C=O) groups is 1. The molecule has 0 aliphatic carbocycles. The van der Waals surface area contributed by atoms with Crippen molar-refractivity contribution in [2.24, 2.45) is 5.73 Å². The molecule has 1 aliphatic rings. The lowest BCUT2D eigenvalue weighted by Crippen LogP contribution is -2.47. The van der Waals surface area contributed by atoms with Crippen LogP contribution in [0.4, 0.5) is 5.95 Å². The van der Waals surface area contributed by atoms with Crippen LogP contribution in [-0.4, -0.2) is 63.5 Å². The molecule has 0 saturated carbocycles. The molecule has 180 valence electrons. The number of aromatic nitrogens is 4. The molecule has 8 nitrogen and oxygen atoms in total. The molecule has 0 spiro atoms. The lowest BCUT2D eigenvalue weighted by molar-refractivity contribution is 0.1000. The van der Waals surface area contributed by atoms with E-state index in [4.69, 9.17) is 5.73 Å². The molecule has 4 heterocycles. The Labute approximate surface area is 205 Å². The van der Waals surface area contributed by atoms with Crippen molar-refractivity contribution in [2.45, 2.75) is 26.2 Å². The highest BCUT2D eigenvalue weighted by Crippen LogP contribution is 2.22. The number of pyridine rings is 1. The first-order chi connectivity index (χ1) is 17.1. The molecule has 0 unspecified atom stereocenters. The van der Waals surface area contributed by atoms with Crippen LogP contribution in [0.25, 0.3) is 22.2 Å². The quantitative estimate of drug-likeness (QED) is 0.382. The van der Waals surface area contributed by atoms with Crippen LogP contribution in [0, 0.1) is 6.92 Å². The average Bonchev–Trinajstić information content (AvgIpc) is 3.29. The molecule has 0 radical (unpaired) electrons. The van der Waals surface area contributed by atoms with Gasteiger partial charge in [0.25, 0.3) is 0 Å². The Morgan fingerprint density at radius 1 is 1.00 bits per heavy atom. The van der Waals surface area contributed by atoms with Crippen LogP contribution >= 0.6 is 0 Å². The number of carbonyl (C=O) groups excluding carboxylic acids is 1. The minimum absolute atomic E-state index is 0.386. The van der Waals surface area contributed by atoms with Gasteiger partial charge in [-0.2, -0.15) is 0 Å². The third kappa shape index (κ3) is 5.33. The third-order valence-corrected chi connectivity index (χ3v) is 6.73. The molecule has 8 heteroatoms. The summed E-state index contributed by atoms with van der Waals surface area (Å²) >= 11 is 0. The van der Waals surface area contributed by atoms with Gasteiger partial charge in [-0.05, 0) is 62.6 Å². The zero-order chi connectivity index (χ0) is 24.2. The minimum Gasteiger partial charge on any atom is -0.366 e. The normalized spacial score (nSPS) is 14.5. The molecular weight excluding hydrogens is 438 g/mol. The third-order valence-electron chi connectivity index (χ3n) is 6.73. The maximum Gasteiger partial charge on any atom is 0.250 e. The van der Waals surface area contributed by atoms with Crippen LogP contribution < -0.4 is 10.6 Å². The summed E-state index contributed by atoms with van der Waals surface area (Å²) in [5, 5.41) is 1.36. The summed E-state index contributed by atoms with van der Waals surface area (Å²) in [4.78, 5) is 32.8. The number of aryl methyl sites for hydroxylation is 2. The monoisotopic (exact) mass is 469 g/mol. The fourth-order valence-electron chi connectivity index (χ4n) is 4.65. The maximum absolute atomic E-state index is 11.2. The zero-order valence-electron chi connectivity index (χ0n) is 20.1. The molecule has 5 rings (SSSR count). The molecule has 1 aliphatic heterocycles. The number of nitrogens with zero attached hydrogens (tertiary/aromatic N) is 5. The number of piperazine rings is 1. The van der Waals surface area contributed by atoms with Crippen molar-refractivity contribution < 1.29 is 4.79 Å². The molecule has 1 saturated heterocycles. The van der Waals surface area contributed by atoms with E-state index in [1.807, 2.05) is 0 Å². The Morgan fingerprint density at radius 2 is 1.80 bits per heavy atom.